The zero-order chi connectivity index (χ0) is 12.8. The molecule has 1 aromatic rings. The average molecular weight is 236 g/mol. The topological polar surface area (TPSA) is 64.3 Å². The van der Waals surface area contributed by atoms with Crippen molar-refractivity contribution >= 4 is 11.6 Å². The van der Waals surface area contributed by atoms with Crippen molar-refractivity contribution in [3.05, 3.63) is 24.3 Å². The molecule has 94 valence electrons. The summed E-state index contributed by atoms with van der Waals surface area (Å²) in [6.45, 7) is 6.47. The number of hydrogen-bond acceptors (Lipinski definition) is 3. The number of rotatable bonds is 5. The third-order valence-corrected chi connectivity index (χ3v) is 2.10. The molecule has 1 unspecified atom stereocenters. The standard InChI is InChI=1S/C13H20N2O2/c1-9(2)8-17-12-6-4-5-11(7-12)15-13(16)10(3)14/h4-7,9-10H,8,14H2,1-3H3,(H,15,16). The molecule has 0 radical (unpaired) electrons. The molecule has 0 aliphatic rings. The molecule has 0 fully saturated rings. The van der Waals surface area contributed by atoms with E-state index in [1.54, 1.807) is 13.0 Å². The highest BCUT2D eigenvalue weighted by molar-refractivity contribution is 5.94. The molecule has 0 spiro atoms. The second-order valence-electron chi connectivity index (χ2n) is 4.51. The third-order valence-electron chi connectivity index (χ3n) is 2.10. The van der Waals surface area contributed by atoms with Gasteiger partial charge in [0, 0.05) is 11.8 Å². The Morgan fingerprint density at radius 3 is 2.71 bits per heavy atom. The Kier molecular flexibility index (Phi) is 4.97. The quantitative estimate of drug-likeness (QED) is 0.822. The van der Waals surface area contributed by atoms with Crippen LogP contribution >= 0.6 is 0 Å². The van der Waals surface area contributed by atoms with Crippen molar-refractivity contribution in [1.82, 2.24) is 0 Å². The highest BCUT2D eigenvalue weighted by Crippen LogP contribution is 2.18. The first kappa shape index (κ1) is 13.5. The molecule has 0 saturated heterocycles. The summed E-state index contributed by atoms with van der Waals surface area (Å²) >= 11 is 0. The van der Waals surface area contributed by atoms with Crippen LogP contribution in [-0.2, 0) is 4.79 Å². The number of amides is 1. The maximum Gasteiger partial charge on any atom is 0.241 e. The van der Waals surface area contributed by atoms with Gasteiger partial charge in [-0.25, -0.2) is 0 Å². The maximum absolute atomic E-state index is 11.4. The Balaban J connectivity index is 2.62. The lowest BCUT2D eigenvalue weighted by atomic mass is 10.2. The van der Waals surface area contributed by atoms with E-state index in [0.29, 0.717) is 18.2 Å². The first-order chi connectivity index (χ1) is 7.99. The van der Waals surface area contributed by atoms with E-state index in [0.717, 1.165) is 5.75 Å². The van der Waals surface area contributed by atoms with Crippen molar-refractivity contribution < 1.29 is 9.53 Å². The van der Waals surface area contributed by atoms with E-state index in [1.165, 1.54) is 0 Å². The first-order valence-electron chi connectivity index (χ1n) is 5.78. The third kappa shape index (κ3) is 4.87. The van der Waals surface area contributed by atoms with Crippen LogP contribution < -0.4 is 15.8 Å². The maximum atomic E-state index is 11.4. The molecule has 17 heavy (non-hydrogen) atoms. The molecule has 1 atom stereocenters. The highest BCUT2D eigenvalue weighted by atomic mass is 16.5. The van der Waals surface area contributed by atoms with Crippen LogP contribution in [0.5, 0.6) is 5.75 Å². The minimum absolute atomic E-state index is 0.203. The lowest BCUT2D eigenvalue weighted by Crippen LogP contribution is -2.32. The molecule has 0 heterocycles. The van der Waals surface area contributed by atoms with Gasteiger partial charge in [-0.2, -0.15) is 0 Å². The monoisotopic (exact) mass is 236 g/mol. The number of nitrogens with two attached hydrogens (primary N) is 1. The van der Waals surface area contributed by atoms with E-state index in [4.69, 9.17) is 10.5 Å². The van der Waals surface area contributed by atoms with Gasteiger partial charge in [-0.05, 0) is 25.0 Å². The second-order valence-corrected chi connectivity index (χ2v) is 4.51. The fraction of sp³-hybridized carbons (Fsp3) is 0.462. The summed E-state index contributed by atoms with van der Waals surface area (Å²) in [7, 11) is 0. The van der Waals surface area contributed by atoms with E-state index < -0.39 is 6.04 Å². The number of nitrogens with one attached hydrogen (secondary N) is 1. The van der Waals surface area contributed by atoms with Crippen LogP contribution in [0.2, 0.25) is 0 Å². The fourth-order valence-electron chi connectivity index (χ4n) is 1.18. The lowest BCUT2D eigenvalue weighted by molar-refractivity contribution is -0.117. The molecule has 0 aromatic heterocycles. The van der Waals surface area contributed by atoms with Gasteiger partial charge in [-0.15, -0.1) is 0 Å². The summed E-state index contributed by atoms with van der Waals surface area (Å²) in [6.07, 6.45) is 0. The van der Waals surface area contributed by atoms with Crippen molar-refractivity contribution in [3.8, 4) is 5.75 Å². The largest absolute Gasteiger partial charge is 0.493 e. The van der Waals surface area contributed by atoms with Gasteiger partial charge in [-0.3, -0.25) is 4.79 Å². The lowest BCUT2D eigenvalue weighted by Gasteiger charge is -2.11. The molecular formula is C13H20N2O2. The number of hydrogen-bond donors (Lipinski definition) is 2. The molecule has 1 amide bonds. The molecule has 4 nitrogen and oxygen atoms in total. The Bertz CT molecular complexity index is 375. The first-order valence-corrected chi connectivity index (χ1v) is 5.78. The molecule has 0 saturated carbocycles. The van der Waals surface area contributed by atoms with Gasteiger partial charge < -0.3 is 15.8 Å². The van der Waals surface area contributed by atoms with Crippen molar-refractivity contribution in [3.63, 3.8) is 0 Å². The zero-order valence-electron chi connectivity index (χ0n) is 10.6. The minimum Gasteiger partial charge on any atom is -0.493 e. The SMILES string of the molecule is CC(C)COc1cccc(NC(=O)C(C)N)c1. The Morgan fingerprint density at radius 1 is 1.41 bits per heavy atom. The predicted molar refractivity (Wildman–Crippen MR) is 69.1 cm³/mol. The molecule has 0 aliphatic carbocycles. The van der Waals surface area contributed by atoms with Crippen LogP contribution in [0, 0.1) is 5.92 Å². The normalized spacial score (nSPS) is 12.3. The summed E-state index contributed by atoms with van der Waals surface area (Å²) in [5.41, 5.74) is 6.18. The number of anilines is 1. The highest BCUT2D eigenvalue weighted by Gasteiger charge is 2.07. The van der Waals surface area contributed by atoms with Crippen LogP contribution in [0.3, 0.4) is 0 Å². The smallest absolute Gasteiger partial charge is 0.241 e. The average Bonchev–Trinajstić information content (AvgIpc) is 2.26. The van der Waals surface area contributed by atoms with Crippen LogP contribution in [0.1, 0.15) is 20.8 Å². The summed E-state index contributed by atoms with van der Waals surface area (Å²) in [5.74, 6) is 1.02. The summed E-state index contributed by atoms with van der Waals surface area (Å²) in [5, 5.41) is 2.73. The van der Waals surface area contributed by atoms with Crippen LogP contribution in [0.25, 0.3) is 0 Å². The summed E-state index contributed by atoms with van der Waals surface area (Å²) in [4.78, 5) is 11.4. The van der Waals surface area contributed by atoms with E-state index in [9.17, 15) is 4.79 Å². The van der Waals surface area contributed by atoms with Crippen molar-refractivity contribution in [1.29, 1.82) is 0 Å². The zero-order valence-corrected chi connectivity index (χ0v) is 10.6. The van der Waals surface area contributed by atoms with Crippen LogP contribution in [-0.4, -0.2) is 18.6 Å². The number of ether oxygens (including phenoxy) is 1. The van der Waals surface area contributed by atoms with Crippen LogP contribution in [0.4, 0.5) is 5.69 Å². The molecule has 1 aromatic carbocycles. The Morgan fingerprint density at radius 2 is 2.12 bits per heavy atom. The van der Waals surface area contributed by atoms with Crippen molar-refractivity contribution in [2.24, 2.45) is 11.7 Å². The molecule has 0 aliphatic heterocycles. The Hall–Kier alpha value is -1.55. The van der Waals surface area contributed by atoms with E-state index in [-0.39, 0.29) is 5.91 Å². The molecule has 4 heteroatoms. The van der Waals surface area contributed by atoms with Gasteiger partial charge in [0.1, 0.15) is 5.75 Å². The number of carbonyl (C=O) groups excluding carboxylic acids is 1. The molecule has 1 rings (SSSR count). The summed E-state index contributed by atoms with van der Waals surface area (Å²) < 4.78 is 5.57. The molecule has 0 bridgehead atoms. The minimum atomic E-state index is -0.518. The van der Waals surface area contributed by atoms with E-state index >= 15 is 0 Å². The van der Waals surface area contributed by atoms with Gasteiger partial charge in [0.05, 0.1) is 12.6 Å². The number of benzene rings is 1. The summed E-state index contributed by atoms with van der Waals surface area (Å²) in [6, 6.07) is 6.79. The molecule has 3 N–H and O–H groups in total. The predicted octanol–water partition coefficient (Wildman–Crippen LogP) is 2.01. The fourth-order valence-corrected chi connectivity index (χ4v) is 1.18. The van der Waals surface area contributed by atoms with Crippen molar-refractivity contribution in [2.45, 2.75) is 26.8 Å². The Labute approximate surface area is 102 Å². The van der Waals surface area contributed by atoms with E-state index in [1.807, 2.05) is 18.2 Å². The van der Waals surface area contributed by atoms with Crippen LogP contribution in [0.15, 0.2) is 24.3 Å². The molecular weight excluding hydrogens is 216 g/mol. The van der Waals surface area contributed by atoms with Gasteiger partial charge in [0.25, 0.3) is 0 Å². The second kappa shape index (κ2) is 6.25. The van der Waals surface area contributed by atoms with Gasteiger partial charge >= 0.3 is 0 Å². The van der Waals surface area contributed by atoms with Gasteiger partial charge in [0.2, 0.25) is 5.91 Å². The van der Waals surface area contributed by atoms with Crippen molar-refractivity contribution in [2.75, 3.05) is 11.9 Å². The van der Waals surface area contributed by atoms with Gasteiger partial charge in [0.15, 0.2) is 0 Å². The van der Waals surface area contributed by atoms with E-state index in [2.05, 4.69) is 19.2 Å². The number of carbonyl (C=O) groups is 1. The van der Waals surface area contributed by atoms with Gasteiger partial charge in [-0.1, -0.05) is 19.9 Å².